The summed E-state index contributed by atoms with van der Waals surface area (Å²) in [5.41, 5.74) is 0. The lowest BCUT2D eigenvalue weighted by Crippen LogP contribution is -2.45. The van der Waals surface area contributed by atoms with Crippen molar-refractivity contribution in [2.75, 3.05) is 26.4 Å². The standard InChI is InChI=1S/C18H38O7S/c1-4-7-8-9-10-11-12-13-14-15-16-24-18(23-6-3,17-22-5-2)25-26(19,20)21/h4-17H2,1-3H3,(H,19,20,21). The van der Waals surface area contributed by atoms with Gasteiger partial charge in [0.15, 0.2) is 0 Å². The van der Waals surface area contributed by atoms with Crippen molar-refractivity contribution in [1.29, 1.82) is 0 Å². The lowest BCUT2D eigenvalue weighted by atomic mass is 10.1. The van der Waals surface area contributed by atoms with E-state index in [9.17, 15) is 8.42 Å². The molecular weight excluding hydrogens is 360 g/mol. The van der Waals surface area contributed by atoms with Crippen molar-refractivity contribution < 1.29 is 31.4 Å². The second-order valence-corrected chi connectivity index (χ2v) is 7.32. The maximum Gasteiger partial charge on any atom is 0.402 e. The summed E-state index contributed by atoms with van der Waals surface area (Å²) in [5, 5.41) is 0. The molecule has 0 aliphatic heterocycles. The molecule has 0 saturated carbocycles. The van der Waals surface area contributed by atoms with Gasteiger partial charge in [-0.1, -0.05) is 64.7 Å². The highest BCUT2D eigenvalue weighted by Crippen LogP contribution is 2.20. The molecule has 1 N–H and O–H groups in total. The maximum absolute atomic E-state index is 11.1. The molecule has 0 aromatic heterocycles. The fraction of sp³-hybridized carbons (Fsp3) is 1.00. The number of hydrogen-bond donors (Lipinski definition) is 1. The summed E-state index contributed by atoms with van der Waals surface area (Å²) in [7, 11) is -4.73. The van der Waals surface area contributed by atoms with Crippen LogP contribution in [0.3, 0.4) is 0 Å². The second kappa shape index (κ2) is 15.8. The molecule has 0 bridgehead atoms. The summed E-state index contributed by atoms with van der Waals surface area (Å²) in [5.74, 6) is -1.93. The van der Waals surface area contributed by atoms with E-state index in [4.69, 9.17) is 18.8 Å². The molecule has 0 aliphatic carbocycles. The van der Waals surface area contributed by atoms with Gasteiger partial charge in [-0.25, -0.2) is 0 Å². The third-order valence-corrected chi connectivity index (χ3v) is 4.36. The van der Waals surface area contributed by atoms with Crippen LogP contribution in [0, 0.1) is 0 Å². The minimum atomic E-state index is -4.73. The number of ether oxygens (including phenoxy) is 3. The highest BCUT2D eigenvalue weighted by molar-refractivity contribution is 7.80. The van der Waals surface area contributed by atoms with Crippen LogP contribution >= 0.6 is 0 Å². The van der Waals surface area contributed by atoms with Gasteiger partial charge in [0.25, 0.3) is 0 Å². The van der Waals surface area contributed by atoms with E-state index in [2.05, 4.69) is 11.1 Å². The Morgan fingerprint density at radius 2 is 1.31 bits per heavy atom. The Bertz CT molecular complexity index is 414. The first kappa shape index (κ1) is 25.8. The molecule has 0 aliphatic rings. The molecule has 1 atom stereocenters. The second-order valence-electron chi connectivity index (χ2n) is 6.29. The van der Waals surface area contributed by atoms with E-state index in [1.807, 2.05) is 0 Å². The molecule has 0 aromatic rings. The Morgan fingerprint density at radius 1 is 0.769 bits per heavy atom. The van der Waals surface area contributed by atoms with Crippen LogP contribution in [0.25, 0.3) is 0 Å². The summed E-state index contributed by atoms with van der Waals surface area (Å²) in [6, 6.07) is 0. The molecule has 8 heteroatoms. The lowest BCUT2D eigenvalue weighted by Gasteiger charge is -2.30. The van der Waals surface area contributed by atoms with Gasteiger partial charge in [0.1, 0.15) is 6.61 Å². The van der Waals surface area contributed by atoms with Crippen molar-refractivity contribution in [1.82, 2.24) is 0 Å². The van der Waals surface area contributed by atoms with Gasteiger partial charge in [0, 0.05) is 13.2 Å². The fourth-order valence-corrected chi connectivity index (χ4v) is 3.09. The number of unbranched alkanes of at least 4 members (excludes halogenated alkanes) is 9. The third kappa shape index (κ3) is 14.9. The maximum atomic E-state index is 11.1. The molecule has 7 nitrogen and oxygen atoms in total. The molecule has 26 heavy (non-hydrogen) atoms. The smallest absolute Gasteiger partial charge is 0.373 e. The molecule has 0 fully saturated rings. The normalized spacial score (nSPS) is 14.5. The van der Waals surface area contributed by atoms with E-state index in [-0.39, 0.29) is 19.8 Å². The molecule has 0 amide bonds. The summed E-state index contributed by atoms with van der Waals surface area (Å²) in [4.78, 5) is 0. The van der Waals surface area contributed by atoms with Crippen LogP contribution in [-0.2, 0) is 28.8 Å². The van der Waals surface area contributed by atoms with E-state index in [1.165, 1.54) is 44.9 Å². The zero-order valence-corrected chi connectivity index (χ0v) is 17.5. The zero-order chi connectivity index (χ0) is 19.7. The third-order valence-electron chi connectivity index (χ3n) is 3.90. The number of rotatable bonds is 19. The lowest BCUT2D eigenvalue weighted by molar-refractivity contribution is -0.359. The quantitative estimate of drug-likeness (QED) is 0.195. The SMILES string of the molecule is CCCCCCCCCCCCOC(COCC)(OCC)OS(=O)(=O)O. The zero-order valence-electron chi connectivity index (χ0n) is 16.7. The average molecular weight is 399 g/mol. The Labute approximate surface area is 159 Å². The first-order chi connectivity index (χ1) is 12.4. The van der Waals surface area contributed by atoms with Crippen molar-refractivity contribution in [2.45, 2.75) is 91.0 Å². The van der Waals surface area contributed by atoms with Gasteiger partial charge in [0.05, 0.1) is 6.61 Å². The predicted molar refractivity (Wildman–Crippen MR) is 101 cm³/mol. The summed E-state index contributed by atoms with van der Waals surface area (Å²) in [6.45, 7) is 6.17. The summed E-state index contributed by atoms with van der Waals surface area (Å²) in [6.07, 6.45) is 11.8. The van der Waals surface area contributed by atoms with E-state index in [0.717, 1.165) is 19.3 Å². The van der Waals surface area contributed by atoms with Crippen molar-refractivity contribution in [3.63, 3.8) is 0 Å². The van der Waals surface area contributed by atoms with Crippen LogP contribution in [0.1, 0.15) is 85.0 Å². The Balaban J connectivity index is 4.08. The van der Waals surface area contributed by atoms with Crippen molar-refractivity contribution in [3.8, 4) is 0 Å². The summed E-state index contributed by atoms with van der Waals surface area (Å²) >= 11 is 0. The van der Waals surface area contributed by atoms with Gasteiger partial charge < -0.3 is 14.2 Å². The molecule has 0 spiro atoms. The summed E-state index contributed by atoms with van der Waals surface area (Å²) < 4.78 is 51.8. The molecule has 1 unspecified atom stereocenters. The van der Waals surface area contributed by atoms with Crippen molar-refractivity contribution >= 4 is 10.4 Å². The predicted octanol–water partition coefficient (Wildman–Crippen LogP) is 4.47. The van der Waals surface area contributed by atoms with Crippen LogP contribution < -0.4 is 0 Å². The van der Waals surface area contributed by atoms with Crippen LogP contribution in [0.4, 0.5) is 0 Å². The molecule has 0 aromatic carbocycles. The molecular formula is C18H38O7S. The van der Waals surface area contributed by atoms with Crippen LogP contribution in [0.2, 0.25) is 0 Å². The van der Waals surface area contributed by atoms with Gasteiger partial charge in [0.2, 0.25) is 0 Å². The average Bonchev–Trinajstić information content (AvgIpc) is 2.56. The Kier molecular flexibility index (Phi) is 15.6. The monoisotopic (exact) mass is 398 g/mol. The topological polar surface area (TPSA) is 91.3 Å². The number of hydrogen-bond acceptors (Lipinski definition) is 6. The van der Waals surface area contributed by atoms with Gasteiger partial charge in [-0.3, -0.25) is 4.55 Å². The highest BCUT2D eigenvalue weighted by atomic mass is 32.3. The van der Waals surface area contributed by atoms with E-state index in [1.54, 1.807) is 13.8 Å². The molecule has 158 valence electrons. The molecule has 0 rings (SSSR count). The minimum Gasteiger partial charge on any atom is -0.373 e. The van der Waals surface area contributed by atoms with E-state index in [0.29, 0.717) is 6.61 Å². The van der Waals surface area contributed by atoms with Crippen molar-refractivity contribution in [2.24, 2.45) is 0 Å². The first-order valence-corrected chi connectivity index (χ1v) is 11.3. The van der Waals surface area contributed by atoms with Gasteiger partial charge >= 0.3 is 16.4 Å². The Hall–Kier alpha value is -0.250. The van der Waals surface area contributed by atoms with E-state index >= 15 is 0 Å². The Morgan fingerprint density at radius 3 is 1.77 bits per heavy atom. The largest absolute Gasteiger partial charge is 0.402 e. The molecule has 0 heterocycles. The first-order valence-electron chi connectivity index (χ1n) is 9.92. The van der Waals surface area contributed by atoms with Gasteiger partial charge in [-0.15, -0.1) is 0 Å². The molecule has 0 saturated heterocycles. The van der Waals surface area contributed by atoms with Gasteiger partial charge in [-0.05, 0) is 20.3 Å². The fourth-order valence-electron chi connectivity index (χ4n) is 2.62. The van der Waals surface area contributed by atoms with Crippen LogP contribution in [0.15, 0.2) is 0 Å². The van der Waals surface area contributed by atoms with Crippen LogP contribution in [0.5, 0.6) is 0 Å². The van der Waals surface area contributed by atoms with E-state index < -0.39 is 16.4 Å². The van der Waals surface area contributed by atoms with Gasteiger partial charge in [-0.2, -0.15) is 12.6 Å². The highest BCUT2D eigenvalue weighted by Gasteiger charge is 2.39. The van der Waals surface area contributed by atoms with Crippen LogP contribution in [-0.4, -0.2) is 45.4 Å². The van der Waals surface area contributed by atoms with Crippen molar-refractivity contribution in [3.05, 3.63) is 0 Å². The molecule has 0 radical (unpaired) electrons. The minimum absolute atomic E-state index is 0.153.